The second-order valence-electron chi connectivity index (χ2n) is 11.7. The predicted octanol–water partition coefficient (Wildman–Crippen LogP) is 11.4. The number of para-hydroxylation sites is 2. The lowest BCUT2D eigenvalue weighted by molar-refractivity contribution is 0.548. The van der Waals surface area contributed by atoms with Crippen LogP contribution in [-0.4, -0.2) is 4.57 Å². The summed E-state index contributed by atoms with van der Waals surface area (Å²) in [6.07, 6.45) is 4.25. The van der Waals surface area contributed by atoms with E-state index in [1.54, 1.807) is 0 Å². The Morgan fingerprint density at radius 3 is 2.00 bits per heavy atom. The molecule has 0 atom stereocenters. The minimum atomic E-state index is 0.935. The maximum absolute atomic E-state index is 6.13. The zero-order valence-electron chi connectivity index (χ0n) is 24.2. The Hall–Kier alpha value is -5.60. The van der Waals surface area contributed by atoms with Crippen molar-refractivity contribution in [1.29, 1.82) is 0 Å². The number of allylic oxidation sites excluding steroid dienone is 1. The van der Waals surface area contributed by atoms with Gasteiger partial charge in [0, 0.05) is 33.8 Å². The highest BCUT2D eigenvalue weighted by Crippen LogP contribution is 2.38. The highest BCUT2D eigenvalue weighted by molar-refractivity contribution is 6.10. The van der Waals surface area contributed by atoms with Crippen molar-refractivity contribution in [2.24, 2.45) is 0 Å². The lowest BCUT2D eigenvalue weighted by atomic mass is 9.90. The van der Waals surface area contributed by atoms with Gasteiger partial charge in [-0.1, -0.05) is 115 Å². The lowest BCUT2D eigenvalue weighted by Gasteiger charge is -2.14. The van der Waals surface area contributed by atoms with Crippen molar-refractivity contribution in [3.63, 3.8) is 0 Å². The van der Waals surface area contributed by atoms with Gasteiger partial charge in [0.25, 0.3) is 0 Å². The van der Waals surface area contributed by atoms with Gasteiger partial charge in [0.1, 0.15) is 11.3 Å². The minimum absolute atomic E-state index is 0.935. The van der Waals surface area contributed by atoms with Crippen LogP contribution in [0.3, 0.4) is 0 Å². The number of rotatable bonds is 4. The Labute approximate surface area is 256 Å². The average molecular weight is 564 g/mol. The van der Waals surface area contributed by atoms with Crippen LogP contribution in [0.25, 0.3) is 72.4 Å². The first-order valence-electron chi connectivity index (χ1n) is 15.3. The molecule has 44 heavy (non-hydrogen) atoms. The fraction of sp³-hybridized carbons (Fsp3) is 0.0476. The monoisotopic (exact) mass is 563 g/mol. The summed E-state index contributed by atoms with van der Waals surface area (Å²) < 4.78 is 8.54. The van der Waals surface area contributed by atoms with Gasteiger partial charge in [-0.3, -0.25) is 0 Å². The molecular formula is C42H29NO. The molecule has 0 spiro atoms. The van der Waals surface area contributed by atoms with E-state index >= 15 is 0 Å². The molecule has 2 heterocycles. The minimum Gasteiger partial charge on any atom is -0.460 e. The summed E-state index contributed by atoms with van der Waals surface area (Å²) in [4.78, 5) is 0. The number of hydrogen-bond acceptors (Lipinski definition) is 1. The zero-order valence-corrected chi connectivity index (χ0v) is 24.2. The summed E-state index contributed by atoms with van der Waals surface area (Å²) in [6, 6.07) is 52.5. The van der Waals surface area contributed by atoms with Gasteiger partial charge in [-0.05, 0) is 76.2 Å². The number of aryl methyl sites for hydroxylation is 1. The molecule has 2 aromatic heterocycles. The topological polar surface area (TPSA) is 18.1 Å². The first kappa shape index (κ1) is 24.9. The van der Waals surface area contributed by atoms with Gasteiger partial charge in [-0.25, -0.2) is 0 Å². The summed E-state index contributed by atoms with van der Waals surface area (Å²) in [5, 5.41) is 3.74. The van der Waals surface area contributed by atoms with Crippen LogP contribution in [0.4, 0.5) is 0 Å². The number of aromatic nitrogens is 1. The smallest absolute Gasteiger partial charge is 0.134 e. The van der Waals surface area contributed by atoms with Crippen molar-refractivity contribution >= 4 is 44.4 Å². The molecule has 1 aliphatic carbocycles. The molecule has 0 bridgehead atoms. The van der Waals surface area contributed by atoms with E-state index in [1.807, 2.05) is 6.07 Å². The van der Waals surface area contributed by atoms with Gasteiger partial charge in [0.2, 0.25) is 0 Å². The van der Waals surface area contributed by atoms with Crippen LogP contribution >= 0.6 is 0 Å². The quantitative estimate of drug-likeness (QED) is 0.208. The van der Waals surface area contributed by atoms with Gasteiger partial charge in [-0.2, -0.15) is 0 Å². The van der Waals surface area contributed by atoms with Gasteiger partial charge in [0.15, 0.2) is 0 Å². The summed E-state index contributed by atoms with van der Waals surface area (Å²) in [5.74, 6) is 1.10. The fourth-order valence-electron chi connectivity index (χ4n) is 6.94. The van der Waals surface area contributed by atoms with Gasteiger partial charge in [-0.15, -0.1) is 0 Å². The van der Waals surface area contributed by atoms with Crippen molar-refractivity contribution < 1.29 is 4.42 Å². The van der Waals surface area contributed by atoms with Crippen LogP contribution in [0.15, 0.2) is 150 Å². The standard InChI is InChI=1S/C42H29NO/c1-2-9-28(10-3-1)31-11-8-12-34(25-31)43-39-15-6-4-13-35(39)36-23-21-33(27-40(36)43)30-19-17-29(18-20-30)32-22-24-42-38(26-32)37-14-5-7-16-41(37)44-42/h1-21,23,25-27H,22,24H2. The van der Waals surface area contributed by atoms with Crippen LogP contribution in [0, 0.1) is 0 Å². The maximum atomic E-state index is 6.13. The molecule has 0 aliphatic heterocycles. The number of fused-ring (bicyclic) bond motifs is 6. The molecule has 9 rings (SSSR count). The molecule has 0 fully saturated rings. The van der Waals surface area contributed by atoms with Crippen LogP contribution in [0.5, 0.6) is 0 Å². The zero-order chi connectivity index (χ0) is 29.0. The molecule has 0 saturated carbocycles. The molecule has 6 aromatic carbocycles. The normalized spacial score (nSPS) is 13.0. The first-order valence-corrected chi connectivity index (χ1v) is 15.3. The number of benzene rings is 6. The Morgan fingerprint density at radius 2 is 1.11 bits per heavy atom. The molecular weight excluding hydrogens is 534 g/mol. The van der Waals surface area contributed by atoms with Crippen molar-refractivity contribution in [2.45, 2.75) is 12.8 Å². The fourth-order valence-corrected chi connectivity index (χ4v) is 6.94. The van der Waals surface area contributed by atoms with Gasteiger partial charge in [0.05, 0.1) is 11.0 Å². The third-order valence-corrected chi connectivity index (χ3v) is 9.13. The SMILES string of the molecule is C1=C(c2ccc(-c3ccc4c5ccccc5n(-c5cccc(-c6ccccc6)c5)c4c3)cc2)CCc2oc3ccccc3c21. The predicted molar refractivity (Wildman–Crippen MR) is 184 cm³/mol. The lowest BCUT2D eigenvalue weighted by Crippen LogP contribution is -1.96. The highest BCUT2D eigenvalue weighted by atomic mass is 16.3. The maximum Gasteiger partial charge on any atom is 0.134 e. The van der Waals surface area contributed by atoms with Crippen LogP contribution in [0.1, 0.15) is 23.3 Å². The third-order valence-electron chi connectivity index (χ3n) is 9.13. The van der Waals surface area contributed by atoms with E-state index in [-0.39, 0.29) is 0 Å². The molecule has 8 aromatic rings. The van der Waals surface area contributed by atoms with Crippen LogP contribution < -0.4 is 0 Å². The van der Waals surface area contributed by atoms with E-state index in [0.717, 1.165) is 24.2 Å². The average Bonchev–Trinajstić information content (AvgIpc) is 3.64. The molecule has 0 saturated heterocycles. The van der Waals surface area contributed by atoms with Crippen molar-refractivity contribution in [1.82, 2.24) is 4.57 Å². The van der Waals surface area contributed by atoms with E-state index in [0.29, 0.717) is 0 Å². The summed E-state index contributed by atoms with van der Waals surface area (Å²) in [6.45, 7) is 0. The largest absolute Gasteiger partial charge is 0.460 e. The Kier molecular flexibility index (Phi) is 5.67. The van der Waals surface area contributed by atoms with E-state index in [4.69, 9.17) is 4.42 Å². The Balaban J connectivity index is 1.13. The second kappa shape index (κ2) is 10.00. The first-order chi connectivity index (χ1) is 21.8. The molecule has 2 nitrogen and oxygen atoms in total. The summed E-state index contributed by atoms with van der Waals surface area (Å²) in [5.41, 5.74) is 13.3. The Bertz CT molecular complexity index is 2370. The molecule has 0 amide bonds. The van der Waals surface area contributed by atoms with E-state index in [1.165, 1.54) is 71.8 Å². The van der Waals surface area contributed by atoms with Crippen LogP contribution in [-0.2, 0) is 6.42 Å². The van der Waals surface area contributed by atoms with E-state index in [2.05, 4.69) is 150 Å². The van der Waals surface area contributed by atoms with E-state index < -0.39 is 0 Å². The van der Waals surface area contributed by atoms with Crippen LogP contribution in [0.2, 0.25) is 0 Å². The summed E-state index contributed by atoms with van der Waals surface area (Å²) >= 11 is 0. The van der Waals surface area contributed by atoms with Crippen molar-refractivity contribution in [3.8, 4) is 27.9 Å². The summed E-state index contributed by atoms with van der Waals surface area (Å²) in [7, 11) is 0. The molecule has 0 N–H and O–H groups in total. The molecule has 0 radical (unpaired) electrons. The molecule has 208 valence electrons. The van der Waals surface area contributed by atoms with Gasteiger partial charge < -0.3 is 8.98 Å². The molecule has 2 heteroatoms. The number of nitrogens with zero attached hydrogens (tertiary/aromatic N) is 1. The third kappa shape index (κ3) is 4.03. The van der Waals surface area contributed by atoms with Gasteiger partial charge >= 0.3 is 0 Å². The van der Waals surface area contributed by atoms with Crippen molar-refractivity contribution in [2.75, 3.05) is 0 Å². The number of hydrogen-bond donors (Lipinski definition) is 0. The second-order valence-corrected chi connectivity index (χ2v) is 11.7. The Morgan fingerprint density at radius 1 is 0.455 bits per heavy atom. The van der Waals surface area contributed by atoms with E-state index in [9.17, 15) is 0 Å². The highest BCUT2D eigenvalue weighted by Gasteiger charge is 2.19. The molecule has 0 unspecified atom stereocenters. The molecule has 1 aliphatic rings. The number of furan rings is 1. The van der Waals surface area contributed by atoms with Crippen molar-refractivity contribution in [3.05, 3.63) is 162 Å².